The third-order valence-electron chi connectivity index (χ3n) is 3.56. The van der Waals surface area contributed by atoms with Crippen LogP contribution in [0.4, 0.5) is 0 Å². The Hall–Kier alpha value is -0.660. The molecule has 104 valence electrons. The first-order valence-corrected chi connectivity index (χ1v) is 7.96. The maximum atomic E-state index is 11.9. The molecule has 3 atom stereocenters. The number of carboxylic acid groups (broad SMARTS) is 1. The third kappa shape index (κ3) is 3.66. The van der Waals surface area contributed by atoms with E-state index in [1.165, 1.54) is 0 Å². The molecular weight excluding hydrogens is 258 g/mol. The number of aliphatic carboxylic acids is 1. The second kappa shape index (κ2) is 5.54. The molecule has 2 aliphatic rings. The number of ether oxygens (including phenoxy) is 1. The second-order valence-electron chi connectivity index (χ2n) is 5.08. The Morgan fingerprint density at radius 2 is 2.11 bits per heavy atom. The van der Waals surface area contributed by atoms with Crippen LogP contribution in [-0.4, -0.2) is 44.0 Å². The maximum absolute atomic E-state index is 11.9. The summed E-state index contributed by atoms with van der Waals surface area (Å²) in [6.45, 7) is 0.630. The lowest BCUT2D eigenvalue weighted by Crippen LogP contribution is -2.38. The van der Waals surface area contributed by atoms with Crippen molar-refractivity contribution in [1.29, 1.82) is 0 Å². The van der Waals surface area contributed by atoms with E-state index in [4.69, 9.17) is 9.84 Å². The van der Waals surface area contributed by atoms with Gasteiger partial charge in [-0.2, -0.15) is 0 Å². The minimum atomic E-state index is -3.37. The Bertz CT molecular complexity index is 402. The van der Waals surface area contributed by atoms with Gasteiger partial charge in [0.05, 0.1) is 17.8 Å². The van der Waals surface area contributed by atoms with Crippen molar-refractivity contribution in [2.45, 2.75) is 44.2 Å². The molecule has 0 aromatic heterocycles. The van der Waals surface area contributed by atoms with Crippen molar-refractivity contribution in [3.8, 4) is 0 Å². The predicted molar refractivity (Wildman–Crippen MR) is 64.7 cm³/mol. The molecule has 1 saturated heterocycles. The van der Waals surface area contributed by atoms with E-state index in [-0.39, 0.29) is 17.9 Å². The largest absolute Gasteiger partial charge is 0.481 e. The fraction of sp³-hybridized carbons (Fsp3) is 0.909. The van der Waals surface area contributed by atoms with Gasteiger partial charge >= 0.3 is 5.97 Å². The van der Waals surface area contributed by atoms with Crippen molar-refractivity contribution in [3.05, 3.63) is 0 Å². The molecular formula is C11H19NO5S. The van der Waals surface area contributed by atoms with Crippen molar-refractivity contribution < 1.29 is 23.1 Å². The fourth-order valence-corrected chi connectivity index (χ4v) is 4.21. The van der Waals surface area contributed by atoms with Crippen LogP contribution in [0.5, 0.6) is 0 Å². The number of carbonyl (C=O) groups is 1. The summed E-state index contributed by atoms with van der Waals surface area (Å²) in [4.78, 5) is 10.8. The molecule has 2 N–H and O–H groups in total. The molecule has 0 bridgehead atoms. The van der Waals surface area contributed by atoms with Crippen LogP contribution >= 0.6 is 0 Å². The molecule has 1 aliphatic carbocycles. The second-order valence-corrected chi connectivity index (χ2v) is 6.88. The zero-order valence-corrected chi connectivity index (χ0v) is 11.0. The van der Waals surface area contributed by atoms with Gasteiger partial charge in [0, 0.05) is 12.6 Å². The summed E-state index contributed by atoms with van der Waals surface area (Å²) in [6, 6.07) is -0.238. The lowest BCUT2D eigenvalue weighted by Gasteiger charge is -2.15. The van der Waals surface area contributed by atoms with E-state index >= 15 is 0 Å². The number of sulfonamides is 1. The van der Waals surface area contributed by atoms with E-state index in [9.17, 15) is 13.2 Å². The normalized spacial score (nSPS) is 32.8. The van der Waals surface area contributed by atoms with Crippen LogP contribution in [0.15, 0.2) is 0 Å². The number of nitrogens with one attached hydrogen (secondary N) is 1. The third-order valence-corrected chi connectivity index (χ3v) is 5.06. The van der Waals surface area contributed by atoms with Crippen molar-refractivity contribution in [2.24, 2.45) is 5.92 Å². The number of hydrogen-bond acceptors (Lipinski definition) is 4. The lowest BCUT2D eigenvalue weighted by molar-refractivity contribution is -0.141. The highest BCUT2D eigenvalue weighted by molar-refractivity contribution is 7.89. The monoisotopic (exact) mass is 277 g/mol. The molecule has 0 spiro atoms. The van der Waals surface area contributed by atoms with E-state index in [2.05, 4.69) is 4.72 Å². The van der Waals surface area contributed by atoms with Crippen molar-refractivity contribution in [2.75, 3.05) is 12.4 Å². The van der Waals surface area contributed by atoms with Gasteiger partial charge in [-0.1, -0.05) is 0 Å². The van der Waals surface area contributed by atoms with E-state index in [1.54, 1.807) is 0 Å². The van der Waals surface area contributed by atoms with Crippen LogP contribution in [-0.2, 0) is 19.6 Å². The standard InChI is InChI=1S/C11H19NO5S/c13-11(14)8-3-4-9(6-8)12-18(15,16)7-10-2-1-5-17-10/h8-10,12H,1-7H2,(H,13,14)/t8-,9+,10?/m1/s1. The SMILES string of the molecule is O=C(O)[C@@H]1CC[C@H](NS(=O)(=O)CC2CCCO2)C1. The Kier molecular flexibility index (Phi) is 4.24. The summed E-state index contributed by atoms with van der Waals surface area (Å²) in [5.41, 5.74) is 0. The summed E-state index contributed by atoms with van der Waals surface area (Å²) in [7, 11) is -3.37. The fourth-order valence-electron chi connectivity index (χ4n) is 2.64. The van der Waals surface area contributed by atoms with Gasteiger partial charge in [-0.05, 0) is 32.1 Å². The van der Waals surface area contributed by atoms with Crippen LogP contribution in [0, 0.1) is 5.92 Å². The zero-order valence-electron chi connectivity index (χ0n) is 10.2. The van der Waals surface area contributed by atoms with E-state index < -0.39 is 21.9 Å². The number of rotatable bonds is 5. The van der Waals surface area contributed by atoms with Crippen LogP contribution in [0.2, 0.25) is 0 Å². The Morgan fingerprint density at radius 3 is 2.67 bits per heavy atom. The van der Waals surface area contributed by atoms with Crippen LogP contribution in [0.3, 0.4) is 0 Å². The predicted octanol–water partition coefficient (Wildman–Crippen LogP) is 0.338. The van der Waals surface area contributed by atoms with E-state index in [1.807, 2.05) is 0 Å². The minimum absolute atomic E-state index is 0.0127. The molecule has 1 aliphatic heterocycles. The highest BCUT2D eigenvalue weighted by Gasteiger charge is 2.33. The molecule has 1 saturated carbocycles. The molecule has 0 amide bonds. The average molecular weight is 277 g/mol. The van der Waals surface area contributed by atoms with Gasteiger partial charge in [0.1, 0.15) is 0 Å². The first kappa shape index (κ1) is 13.8. The quantitative estimate of drug-likeness (QED) is 0.756. The molecule has 0 aromatic carbocycles. The molecule has 18 heavy (non-hydrogen) atoms. The molecule has 1 unspecified atom stereocenters. The molecule has 2 fully saturated rings. The first-order chi connectivity index (χ1) is 8.46. The van der Waals surface area contributed by atoms with Crippen molar-refractivity contribution in [1.82, 2.24) is 4.72 Å². The van der Waals surface area contributed by atoms with Crippen LogP contribution < -0.4 is 4.72 Å². The van der Waals surface area contributed by atoms with Gasteiger partial charge < -0.3 is 9.84 Å². The minimum Gasteiger partial charge on any atom is -0.481 e. The van der Waals surface area contributed by atoms with Gasteiger partial charge in [0.15, 0.2) is 0 Å². The van der Waals surface area contributed by atoms with Crippen LogP contribution in [0.1, 0.15) is 32.1 Å². The number of hydrogen-bond donors (Lipinski definition) is 2. The van der Waals surface area contributed by atoms with Gasteiger partial charge in [0.2, 0.25) is 10.0 Å². The van der Waals surface area contributed by atoms with Gasteiger partial charge in [-0.25, -0.2) is 13.1 Å². The average Bonchev–Trinajstić information content (AvgIpc) is 2.87. The van der Waals surface area contributed by atoms with Crippen molar-refractivity contribution in [3.63, 3.8) is 0 Å². The Balaban J connectivity index is 1.83. The first-order valence-electron chi connectivity index (χ1n) is 6.31. The molecule has 1 heterocycles. The Morgan fingerprint density at radius 1 is 1.33 bits per heavy atom. The highest BCUT2D eigenvalue weighted by Crippen LogP contribution is 2.26. The summed E-state index contributed by atoms with van der Waals surface area (Å²) in [5.74, 6) is -1.27. The Labute approximate surface area is 107 Å². The van der Waals surface area contributed by atoms with Gasteiger partial charge in [0.25, 0.3) is 0 Å². The molecule has 6 nitrogen and oxygen atoms in total. The molecule has 2 rings (SSSR count). The summed E-state index contributed by atoms with van der Waals surface area (Å²) >= 11 is 0. The lowest BCUT2D eigenvalue weighted by atomic mass is 10.1. The summed E-state index contributed by atoms with van der Waals surface area (Å²) < 4.78 is 31.7. The van der Waals surface area contributed by atoms with E-state index in [0.29, 0.717) is 25.9 Å². The van der Waals surface area contributed by atoms with Crippen LogP contribution in [0.25, 0.3) is 0 Å². The van der Waals surface area contributed by atoms with Gasteiger partial charge in [-0.3, -0.25) is 4.79 Å². The summed E-state index contributed by atoms with van der Waals surface area (Å²) in [5, 5.41) is 8.86. The maximum Gasteiger partial charge on any atom is 0.306 e. The summed E-state index contributed by atoms with van der Waals surface area (Å²) in [6.07, 6.45) is 3.01. The molecule has 0 radical (unpaired) electrons. The van der Waals surface area contributed by atoms with Gasteiger partial charge in [-0.15, -0.1) is 0 Å². The molecule has 0 aromatic rings. The number of carboxylic acids is 1. The smallest absolute Gasteiger partial charge is 0.306 e. The zero-order chi connectivity index (χ0) is 13.2. The van der Waals surface area contributed by atoms with E-state index in [0.717, 1.165) is 12.8 Å². The molecule has 7 heteroatoms. The topological polar surface area (TPSA) is 92.7 Å². The highest BCUT2D eigenvalue weighted by atomic mass is 32.2. The van der Waals surface area contributed by atoms with Crippen molar-refractivity contribution >= 4 is 16.0 Å².